The minimum Gasteiger partial charge on any atom is -0.444 e. The topological polar surface area (TPSA) is 71.1 Å². The summed E-state index contributed by atoms with van der Waals surface area (Å²) in [6.07, 6.45) is 6.81. The van der Waals surface area contributed by atoms with E-state index in [1.165, 1.54) is 0 Å². The number of hydrogen-bond acceptors (Lipinski definition) is 4. The van der Waals surface area contributed by atoms with Gasteiger partial charge in [0.25, 0.3) is 0 Å². The van der Waals surface area contributed by atoms with Gasteiger partial charge in [-0.15, -0.1) is 0 Å². The first-order chi connectivity index (χ1) is 11.3. The number of hydrogen-bond donors (Lipinski definition) is 1. The smallest absolute Gasteiger partial charge is 0.410 e. The molecular weight excluding hydrogens is 304 g/mol. The molecule has 0 aromatic carbocycles. The van der Waals surface area contributed by atoms with Crippen molar-refractivity contribution in [2.24, 2.45) is 11.3 Å². The molecule has 6 nitrogen and oxygen atoms in total. The second-order valence-corrected chi connectivity index (χ2v) is 8.38. The Labute approximate surface area is 141 Å². The van der Waals surface area contributed by atoms with E-state index in [2.05, 4.69) is 15.0 Å². The fraction of sp³-hybridized carbons (Fsp3) is 0.611. The third-order valence-electron chi connectivity index (χ3n) is 4.97. The van der Waals surface area contributed by atoms with Crippen LogP contribution in [0.4, 0.5) is 4.79 Å². The van der Waals surface area contributed by atoms with Gasteiger partial charge in [-0.3, -0.25) is 0 Å². The van der Waals surface area contributed by atoms with Crippen LogP contribution in [0.3, 0.4) is 0 Å². The van der Waals surface area contributed by atoms with Crippen molar-refractivity contribution in [1.82, 2.24) is 19.9 Å². The number of nitrogens with zero attached hydrogens (tertiary/aromatic N) is 3. The summed E-state index contributed by atoms with van der Waals surface area (Å²) in [5, 5.41) is 1.05. The van der Waals surface area contributed by atoms with Crippen LogP contribution in [0, 0.1) is 11.3 Å². The Hall–Kier alpha value is -2.11. The molecule has 1 spiro atoms. The average Bonchev–Trinajstić information content (AvgIpc) is 2.85. The van der Waals surface area contributed by atoms with Crippen molar-refractivity contribution in [2.75, 3.05) is 13.1 Å². The maximum atomic E-state index is 12.0. The van der Waals surface area contributed by atoms with Crippen LogP contribution in [0.15, 0.2) is 18.5 Å². The first-order valence-corrected chi connectivity index (χ1v) is 8.59. The SMILES string of the molecule is CC(C)(C)OC(=O)N1CC2(CC(Cc3ncc4cc[nH]c4n3)C2)C1. The molecule has 0 bridgehead atoms. The highest BCUT2D eigenvalue weighted by Crippen LogP contribution is 2.52. The number of amides is 1. The lowest BCUT2D eigenvalue weighted by Gasteiger charge is -2.58. The molecule has 2 aromatic rings. The second-order valence-electron chi connectivity index (χ2n) is 8.38. The minimum absolute atomic E-state index is 0.183. The van der Waals surface area contributed by atoms with Crippen LogP contribution in [0.25, 0.3) is 11.0 Å². The lowest BCUT2D eigenvalue weighted by Crippen LogP contribution is -2.64. The number of likely N-dealkylation sites (tertiary alicyclic amines) is 1. The highest BCUT2D eigenvalue weighted by atomic mass is 16.6. The van der Waals surface area contributed by atoms with Crippen molar-refractivity contribution in [3.8, 4) is 0 Å². The van der Waals surface area contributed by atoms with E-state index in [-0.39, 0.29) is 6.09 Å². The third kappa shape index (κ3) is 2.85. The summed E-state index contributed by atoms with van der Waals surface area (Å²) in [6, 6.07) is 1.98. The molecule has 6 heteroatoms. The van der Waals surface area contributed by atoms with Gasteiger partial charge in [-0.05, 0) is 45.6 Å². The number of rotatable bonds is 2. The van der Waals surface area contributed by atoms with Crippen LogP contribution in [0.2, 0.25) is 0 Å². The molecule has 1 saturated carbocycles. The molecule has 1 aliphatic heterocycles. The zero-order chi connectivity index (χ0) is 16.9. The molecule has 2 fully saturated rings. The minimum atomic E-state index is -0.421. The Bertz CT molecular complexity index is 763. The van der Waals surface area contributed by atoms with E-state index in [0.717, 1.165) is 49.2 Å². The normalized spacial score (nSPS) is 20.0. The molecule has 1 saturated heterocycles. The van der Waals surface area contributed by atoms with Crippen LogP contribution in [0.5, 0.6) is 0 Å². The molecule has 1 amide bonds. The van der Waals surface area contributed by atoms with Gasteiger partial charge >= 0.3 is 6.09 Å². The molecule has 1 N–H and O–H groups in total. The van der Waals surface area contributed by atoms with E-state index in [4.69, 9.17) is 4.74 Å². The zero-order valence-electron chi connectivity index (χ0n) is 14.5. The molecular formula is C18H24N4O2. The number of aromatic amines is 1. The van der Waals surface area contributed by atoms with Crippen molar-refractivity contribution in [3.63, 3.8) is 0 Å². The van der Waals surface area contributed by atoms with Gasteiger partial charge in [0, 0.05) is 42.7 Å². The molecule has 2 aromatic heterocycles. The van der Waals surface area contributed by atoms with Crippen LogP contribution in [0.1, 0.15) is 39.4 Å². The first kappa shape index (κ1) is 15.4. The second kappa shape index (κ2) is 5.19. The van der Waals surface area contributed by atoms with Gasteiger partial charge in [-0.25, -0.2) is 14.8 Å². The fourth-order valence-corrected chi connectivity index (χ4v) is 4.02. The molecule has 4 rings (SSSR count). The summed E-state index contributed by atoms with van der Waals surface area (Å²) in [5.74, 6) is 1.53. The van der Waals surface area contributed by atoms with E-state index in [9.17, 15) is 4.79 Å². The van der Waals surface area contributed by atoms with Gasteiger partial charge in [-0.1, -0.05) is 0 Å². The standard InChI is InChI=1S/C18H24N4O2/c1-17(2,3)24-16(23)22-10-18(11-22)7-12(8-18)6-14-20-9-13-4-5-19-15(13)21-14/h4-5,9,12H,6-8,10-11H2,1-3H3,(H,19,20,21). The van der Waals surface area contributed by atoms with Crippen LogP contribution >= 0.6 is 0 Å². The van der Waals surface area contributed by atoms with Gasteiger partial charge in [0.05, 0.1) is 0 Å². The van der Waals surface area contributed by atoms with Crippen molar-refractivity contribution in [3.05, 3.63) is 24.3 Å². The van der Waals surface area contributed by atoms with E-state index in [1.807, 2.05) is 44.1 Å². The van der Waals surface area contributed by atoms with E-state index in [0.29, 0.717) is 11.3 Å². The number of ether oxygens (including phenoxy) is 1. The monoisotopic (exact) mass is 328 g/mol. The molecule has 1 aliphatic carbocycles. The van der Waals surface area contributed by atoms with Crippen LogP contribution in [-0.2, 0) is 11.2 Å². The third-order valence-corrected chi connectivity index (χ3v) is 4.97. The molecule has 128 valence electrons. The highest BCUT2D eigenvalue weighted by Gasteiger charge is 2.54. The number of carbonyl (C=O) groups excluding carboxylic acids is 1. The van der Waals surface area contributed by atoms with E-state index in [1.54, 1.807) is 0 Å². The number of carbonyl (C=O) groups is 1. The van der Waals surface area contributed by atoms with Crippen molar-refractivity contribution < 1.29 is 9.53 Å². The summed E-state index contributed by atoms with van der Waals surface area (Å²) in [6.45, 7) is 7.37. The van der Waals surface area contributed by atoms with Gasteiger partial charge in [0.1, 0.15) is 17.1 Å². The molecule has 3 heterocycles. The number of aromatic nitrogens is 3. The van der Waals surface area contributed by atoms with E-state index >= 15 is 0 Å². The Kier molecular flexibility index (Phi) is 3.34. The predicted octanol–water partition coefficient (Wildman–Crippen LogP) is 3.15. The first-order valence-electron chi connectivity index (χ1n) is 8.59. The van der Waals surface area contributed by atoms with Gasteiger partial charge < -0.3 is 14.6 Å². The summed E-state index contributed by atoms with van der Waals surface area (Å²) < 4.78 is 5.42. The molecule has 24 heavy (non-hydrogen) atoms. The predicted molar refractivity (Wildman–Crippen MR) is 90.6 cm³/mol. The van der Waals surface area contributed by atoms with Gasteiger partial charge in [-0.2, -0.15) is 0 Å². The summed E-state index contributed by atoms with van der Waals surface area (Å²) in [7, 11) is 0. The summed E-state index contributed by atoms with van der Waals surface area (Å²) >= 11 is 0. The number of fused-ring (bicyclic) bond motifs is 1. The maximum Gasteiger partial charge on any atom is 0.410 e. The quantitative estimate of drug-likeness (QED) is 0.919. The van der Waals surface area contributed by atoms with Gasteiger partial charge in [0.2, 0.25) is 0 Å². The molecule has 0 unspecified atom stereocenters. The molecule has 0 radical (unpaired) electrons. The van der Waals surface area contributed by atoms with Crippen LogP contribution in [-0.4, -0.2) is 44.6 Å². The zero-order valence-corrected chi connectivity index (χ0v) is 14.5. The lowest BCUT2D eigenvalue weighted by molar-refractivity contribution is -0.0950. The Balaban J connectivity index is 1.27. The van der Waals surface area contributed by atoms with Gasteiger partial charge in [0.15, 0.2) is 0 Å². The van der Waals surface area contributed by atoms with Crippen molar-refractivity contribution in [2.45, 2.75) is 45.6 Å². The Morgan fingerprint density at radius 1 is 1.42 bits per heavy atom. The largest absolute Gasteiger partial charge is 0.444 e. The van der Waals surface area contributed by atoms with Crippen LogP contribution < -0.4 is 0 Å². The summed E-state index contributed by atoms with van der Waals surface area (Å²) in [4.78, 5) is 26.0. The number of H-pyrrole nitrogens is 1. The van der Waals surface area contributed by atoms with E-state index < -0.39 is 5.60 Å². The molecule has 0 atom stereocenters. The summed E-state index contributed by atoms with van der Waals surface area (Å²) in [5.41, 5.74) is 0.808. The average molecular weight is 328 g/mol. The highest BCUT2D eigenvalue weighted by molar-refractivity contribution is 5.73. The van der Waals surface area contributed by atoms with Crippen molar-refractivity contribution >= 4 is 17.1 Å². The Morgan fingerprint density at radius 3 is 2.88 bits per heavy atom. The number of nitrogens with one attached hydrogen (secondary N) is 1. The Morgan fingerprint density at radius 2 is 2.17 bits per heavy atom. The fourth-order valence-electron chi connectivity index (χ4n) is 4.02. The maximum absolute atomic E-state index is 12.0. The van der Waals surface area contributed by atoms with Crippen molar-refractivity contribution in [1.29, 1.82) is 0 Å². The molecule has 2 aliphatic rings. The lowest BCUT2D eigenvalue weighted by atomic mass is 9.57.